The van der Waals surface area contributed by atoms with Crippen molar-refractivity contribution in [3.63, 3.8) is 0 Å². The third-order valence-corrected chi connectivity index (χ3v) is 2.22. The van der Waals surface area contributed by atoms with Crippen LogP contribution < -0.4 is 5.32 Å². The van der Waals surface area contributed by atoms with E-state index in [2.05, 4.69) is 5.32 Å². The molecule has 2 fully saturated rings. The highest BCUT2D eigenvalue weighted by Gasteiger charge is 2.51. The molecule has 0 amide bonds. The Morgan fingerprint density at radius 3 is 2.80 bits per heavy atom. The molecule has 2 aliphatic rings. The molecule has 4 heteroatoms. The highest BCUT2D eigenvalue weighted by molar-refractivity contribution is 5.80. The van der Waals surface area contributed by atoms with Crippen LogP contribution in [0.15, 0.2) is 0 Å². The molecular weight excluding hydrogens is 134 g/mol. The van der Waals surface area contributed by atoms with Crippen LogP contribution in [0.5, 0.6) is 0 Å². The Balaban J connectivity index is 2.23. The quantitative estimate of drug-likeness (QED) is 0.504. The Hall–Kier alpha value is -0.610. The molecule has 0 saturated carbocycles. The van der Waals surface area contributed by atoms with Crippen LogP contribution in [0.1, 0.15) is 6.42 Å². The van der Waals surface area contributed by atoms with Crippen molar-refractivity contribution in [2.45, 2.75) is 18.1 Å². The van der Waals surface area contributed by atoms with Crippen LogP contribution in [0.2, 0.25) is 0 Å². The number of carboxylic acids is 1. The average molecular weight is 143 g/mol. The van der Waals surface area contributed by atoms with Crippen LogP contribution in [-0.2, 0) is 9.53 Å². The van der Waals surface area contributed by atoms with Crippen LogP contribution in [-0.4, -0.2) is 35.9 Å². The molecule has 2 atom stereocenters. The Morgan fingerprint density at radius 1 is 1.80 bits per heavy atom. The number of carboxylic acid groups (broad SMARTS) is 1. The summed E-state index contributed by atoms with van der Waals surface area (Å²) >= 11 is 0. The fourth-order valence-corrected chi connectivity index (χ4v) is 1.55. The molecule has 4 nitrogen and oxygen atoms in total. The summed E-state index contributed by atoms with van der Waals surface area (Å²) in [5, 5.41) is 11.7. The molecule has 10 heavy (non-hydrogen) atoms. The van der Waals surface area contributed by atoms with Crippen molar-refractivity contribution in [1.82, 2.24) is 5.32 Å². The molecular formula is C6H9NO3. The summed E-state index contributed by atoms with van der Waals surface area (Å²) in [6.07, 6.45) is 0.763. The molecule has 0 aromatic rings. The highest BCUT2D eigenvalue weighted by Crippen LogP contribution is 2.29. The normalized spacial score (nSPS) is 44.2. The van der Waals surface area contributed by atoms with Crippen molar-refractivity contribution in [3.05, 3.63) is 0 Å². The van der Waals surface area contributed by atoms with Crippen LogP contribution in [0.3, 0.4) is 0 Å². The maximum Gasteiger partial charge on any atom is 0.326 e. The molecule has 0 aliphatic carbocycles. The largest absolute Gasteiger partial charge is 0.480 e. The zero-order chi connectivity index (χ0) is 7.19. The van der Waals surface area contributed by atoms with Gasteiger partial charge >= 0.3 is 5.97 Å². The number of rotatable bonds is 1. The summed E-state index contributed by atoms with van der Waals surface area (Å²) in [5.74, 6) is -0.785. The standard InChI is InChI=1S/C6H9NO3/c8-5(9)6-1-4(2-7-6)10-3-6/h4,7H,1-3H2,(H,8,9)/t4-,6-/m1/s1. The number of morpholine rings is 1. The lowest BCUT2D eigenvalue weighted by atomic mass is 10.0. The van der Waals surface area contributed by atoms with Crippen LogP contribution >= 0.6 is 0 Å². The van der Waals surface area contributed by atoms with Gasteiger partial charge in [0, 0.05) is 13.0 Å². The van der Waals surface area contributed by atoms with Gasteiger partial charge in [-0.1, -0.05) is 0 Å². The molecule has 2 aliphatic heterocycles. The Bertz CT molecular complexity index is 172. The van der Waals surface area contributed by atoms with Gasteiger partial charge in [0.15, 0.2) is 0 Å². The number of aliphatic carboxylic acids is 1. The van der Waals surface area contributed by atoms with Gasteiger partial charge in [0.05, 0.1) is 12.7 Å². The topological polar surface area (TPSA) is 58.6 Å². The molecule has 2 saturated heterocycles. The average Bonchev–Trinajstić information content (AvgIpc) is 2.45. The van der Waals surface area contributed by atoms with Gasteiger partial charge in [-0.15, -0.1) is 0 Å². The smallest absolute Gasteiger partial charge is 0.326 e. The van der Waals surface area contributed by atoms with Crippen molar-refractivity contribution in [2.24, 2.45) is 0 Å². The third kappa shape index (κ3) is 0.602. The van der Waals surface area contributed by atoms with Gasteiger partial charge in [0.1, 0.15) is 5.54 Å². The number of carbonyl (C=O) groups is 1. The van der Waals surface area contributed by atoms with E-state index < -0.39 is 11.5 Å². The fraction of sp³-hybridized carbons (Fsp3) is 0.833. The maximum absolute atomic E-state index is 10.6. The van der Waals surface area contributed by atoms with E-state index in [1.807, 2.05) is 0 Å². The first kappa shape index (κ1) is 6.12. The maximum atomic E-state index is 10.6. The summed E-state index contributed by atoms with van der Waals surface area (Å²) in [6.45, 7) is 1.01. The first-order chi connectivity index (χ1) is 4.73. The fourth-order valence-electron chi connectivity index (χ4n) is 1.55. The van der Waals surface area contributed by atoms with E-state index in [-0.39, 0.29) is 6.10 Å². The van der Waals surface area contributed by atoms with E-state index >= 15 is 0 Å². The van der Waals surface area contributed by atoms with Crippen LogP contribution in [0.25, 0.3) is 0 Å². The molecule has 2 rings (SSSR count). The van der Waals surface area contributed by atoms with Gasteiger partial charge in [-0.2, -0.15) is 0 Å². The molecule has 56 valence electrons. The SMILES string of the molecule is O=C(O)[C@@]12CO[C@@H](CN1)C2. The predicted octanol–water partition coefficient (Wildman–Crippen LogP) is -0.798. The Kier molecular flexibility index (Phi) is 1.04. The lowest BCUT2D eigenvalue weighted by molar-refractivity contribution is -0.145. The van der Waals surface area contributed by atoms with Gasteiger partial charge in [0.2, 0.25) is 0 Å². The molecule has 0 aromatic heterocycles. The van der Waals surface area contributed by atoms with Crippen molar-refractivity contribution >= 4 is 5.97 Å². The first-order valence-electron chi connectivity index (χ1n) is 3.33. The first-order valence-corrected chi connectivity index (χ1v) is 3.33. The minimum Gasteiger partial charge on any atom is -0.480 e. The van der Waals surface area contributed by atoms with Crippen LogP contribution in [0.4, 0.5) is 0 Å². The van der Waals surface area contributed by atoms with E-state index in [1.54, 1.807) is 0 Å². The highest BCUT2D eigenvalue weighted by atomic mass is 16.5. The molecule has 2 bridgehead atoms. The summed E-state index contributed by atoms with van der Waals surface area (Å²) in [6, 6.07) is 0. The van der Waals surface area contributed by atoms with Crippen molar-refractivity contribution in [1.29, 1.82) is 0 Å². The monoisotopic (exact) mass is 143 g/mol. The molecule has 0 unspecified atom stereocenters. The summed E-state index contributed by atoms with van der Waals surface area (Å²) in [4.78, 5) is 10.6. The van der Waals surface area contributed by atoms with Gasteiger partial charge in [-0.25, -0.2) is 0 Å². The summed E-state index contributed by atoms with van der Waals surface area (Å²) < 4.78 is 5.17. The number of hydrogen-bond acceptors (Lipinski definition) is 3. The Labute approximate surface area is 58.2 Å². The van der Waals surface area contributed by atoms with Crippen molar-refractivity contribution in [3.8, 4) is 0 Å². The minimum atomic E-state index is -0.785. The molecule has 0 aromatic carbocycles. The number of hydrogen-bond donors (Lipinski definition) is 2. The third-order valence-electron chi connectivity index (χ3n) is 2.22. The lowest BCUT2D eigenvalue weighted by Crippen LogP contribution is -2.51. The van der Waals surface area contributed by atoms with Gasteiger partial charge < -0.3 is 9.84 Å². The second-order valence-corrected chi connectivity index (χ2v) is 2.91. The second kappa shape index (κ2) is 1.71. The van der Waals surface area contributed by atoms with E-state index in [0.29, 0.717) is 19.6 Å². The van der Waals surface area contributed by atoms with Gasteiger partial charge in [0.25, 0.3) is 0 Å². The van der Waals surface area contributed by atoms with Gasteiger partial charge in [-0.3, -0.25) is 10.1 Å². The van der Waals surface area contributed by atoms with Crippen molar-refractivity contribution < 1.29 is 14.6 Å². The van der Waals surface area contributed by atoms with E-state index in [1.165, 1.54) is 0 Å². The number of fused-ring (bicyclic) bond motifs is 2. The zero-order valence-electron chi connectivity index (χ0n) is 5.46. The zero-order valence-corrected chi connectivity index (χ0v) is 5.46. The summed E-state index contributed by atoms with van der Waals surface area (Å²) in [7, 11) is 0. The van der Waals surface area contributed by atoms with E-state index in [4.69, 9.17) is 9.84 Å². The molecule has 0 radical (unpaired) electrons. The number of ether oxygens (including phenoxy) is 1. The predicted molar refractivity (Wildman–Crippen MR) is 32.7 cm³/mol. The Morgan fingerprint density at radius 2 is 2.60 bits per heavy atom. The number of nitrogens with one attached hydrogen (secondary N) is 1. The second-order valence-electron chi connectivity index (χ2n) is 2.91. The molecule has 2 heterocycles. The summed E-state index contributed by atoms with van der Waals surface area (Å²) in [5.41, 5.74) is -0.745. The van der Waals surface area contributed by atoms with Crippen molar-refractivity contribution in [2.75, 3.05) is 13.2 Å². The van der Waals surface area contributed by atoms with E-state index in [0.717, 1.165) is 0 Å². The lowest BCUT2D eigenvalue weighted by Gasteiger charge is -2.21. The molecule has 0 spiro atoms. The van der Waals surface area contributed by atoms with Gasteiger partial charge in [-0.05, 0) is 0 Å². The minimum absolute atomic E-state index is 0.135. The van der Waals surface area contributed by atoms with E-state index in [9.17, 15) is 4.79 Å². The van der Waals surface area contributed by atoms with Crippen LogP contribution in [0, 0.1) is 0 Å². The molecule has 2 N–H and O–H groups in total.